The van der Waals surface area contributed by atoms with Gasteiger partial charge in [-0.1, -0.05) is 43.5 Å². The summed E-state index contributed by atoms with van der Waals surface area (Å²) >= 11 is 7.19. The first kappa shape index (κ1) is 37.2. The van der Waals surface area contributed by atoms with Crippen molar-refractivity contribution in [3.8, 4) is 12.3 Å². The molecule has 7 rings (SSSR count). The number of alkyl halides is 3. The second kappa shape index (κ2) is 13.0. The van der Waals surface area contributed by atoms with Crippen molar-refractivity contribution in [1.29, 1.82) is 0 Å². The number of piperazine rings is 1. The number of carbonyl (C=O) groups is 3. The highest BCUT2D eigenvalue weighted by Gasteiger charge is 2.60. The Kier molecular flexibility index (Phi) is 9.16. The van der Waals surface area contributed by atoms with Gasteiger partial charge < -0.3 is 19.6 Å². The number of fused-ring (bicyclic) bond motifs is 1. The van der Waals surface area contributed by atoms with Crippen LogP contribution in [0.5, 0.6) is 0 Å². The Bertz CT molecular complexity index is 2030. The van der Waals surface area contributed by atoms with Gasteiger partial charge in [0.05, 0.1) is 16.6 Å². The number of halogens is 6. The van der Waals surface area contributed by atoms with Crippen molar-refractivity contribution in [3.05, 3.63) is 80.3 Å². The number of thioether (sulfide) groups is 1. The third kappa shape index (κ3) is 6.08. The van der Waals surface area contributed by atoms with Crippen LogP contribution in [0.3, 0.4) is 0 Å². The molecule has 8 nitrogen and oxygen atoms in total. The molecule has 3 unspecified atom stereocenters. The van der Waals surface area contributed by atoms with Crippen LogP contribution >= 0.6 is 23.4 Å². The number of likely N-dealkylation sites (tertiary alicyclic amines) is 1. The third-order valence-corrected chi connectivity index (χ3v) is 12.5. The van der Waals surface area contributed by atoms with Crippen LogP contribution in [0, 0.1) is 29.9 Å². The van der Waals surface area contributed by atoms with Gasteiger partial charge in [-0.15, -0.1) is 6.42 Å². The molecule has 1 aliphatic carbocycles. The van der Waals surface area contributed by atoms with Crippen molar-refractivity contribution in [2.75, 3.05) is 19.6 Å². The van der Waals surface area contributed by atoms with Crippen LogP contribution in [0.2, 0.25) is 5.02 Å². The number of amidine groups is 1. The normalized spacial score (nSPS) is 26.4. The zero-order valence-electron chi connectivity index (χ0n) is 29.4. The fraction of sp³-hybridized carbons (Fsp3) is 0.474. The molecule has 4 heterocycles. The number of benzene rings is 2. The van der Waals surface area contributed by atoms with E-state index < -0.39 is 52.8 Å². The first-order valence-electron chi connectivity index (χ1n) is 17.4. The van der Waals surface area contributed by atoms with Crippen LogP contribution in [0.25, 0.3) is 0 Å². The molecule has 53 heavy (non-hydrogen) atoms. The summed E-state index contributed by atoms with van der Waals surface area (Å²) in [5.41, 5.74) is -0.776. The molecule has 5 aliphatic rings. The molecule has 15 heteroatoms. The molecular weight excluding hydrogens is 737 g/mol. The standard InChI is InChI=1S/C38H37ClF5N5O3S/c1-6-22-8-10-24(26(40)17-22)36(5)31(23-9-11-25(39)27(41)18-23)49-29(20(2)3)30(53-35(49)45-36)33(51)48-21(4)7-12-28(48)32(50)46-15-16-47(34(52)38(42,43)44)37(19-46)13-14-37/h1,8-11,17-18,20-21,28,31H,7,12-16,19H2,2-5H3/t21-,28?,31?,36?/m1/s1. The van der Waals surface area contributed by atoms with E-state index in [9.17, 15) is 27.6 Å². The fourth-order valence-electron chi connectivity index (χ4n) is 8.42. The second-order valence-corrected chi connectivity index (χ2v) is 16.3. The number of allylic oxidation sites excluding steroid dienone is 1. The molecule has 4 atom stereocenters. The summed E-state index contributed by atoms with van der Waals surface area (Å²) in [6.07, 6.45) is 2.11. The van der Waals surface area contributed by atoms with Gasteiger partial charge in [0.2, 0.25) is 5.91 Å². The average molecular weight is 774 g/mol. The molecule has 0 aromatic heterocycles. The number of aliphatic imine (C=N–C) groups is 1. The van der Waals surface area contributed by atoms with E-state index in [0.717, 1.165) is 16.7 Å². The van der Waals surface area contributed by atoms with E-state index in [1.807, 2.05) is 25.7 Å². The summed E-state index contributed by atoms with van der Waals surface area (Å²) < 4.78 is 71.0. The largest absolute Gasteiger partial charge is 0.471 e. The summed E-state index contributed by atoms with van der Waals surface area (Å²) in [6.45, 7) is 7.04. The minimum Gasteiger partial charge on any atom is -0.337 e. The van der Waals surface area contributed by atoms with E-state index >= 15 is 8.78 Å². The summed E-state index contributed by atoms with van der Waals surface area (Å²) in [4.78, 5) is 52.2. The zero-order chi connectivity index (χ0) is 38.4. The molecule has 1 spiro atoms. The van der Waals surface area contributed by atoms with Gasteiger partial charge in [0, 0.05) is 42.5 Å². The Hall–Kier alpha value is -4.09. The van der Waals surface area contributed by atoms with Gasteiger partial charge >= 0.3 is 12.1 Å². The summed E-state index contributed by atoms with van der Waals surface area (Å²) in [5, 5.41) is 0.307. The summed E-state index contributed by atoms with van der Waals surface area (Å²) in [7, 11) is 0. The quantitative estimate of drug-likeness (QED) is 0.242. The maximum absolute atomic E-state index is 15.8. The van der Waals surface area contributed by atoms with E-state index in [1.165, 1.54) is 23.1 Å². The molecule has 3 fully saturated rings. The third-order valence-electron chi connectivity index (χ3n) is 11.2. The van der Waals surface area contributed by atoms with Crippen LogP contribution < -0.4 is 0 Å². The summed E-state index contributed by atoms with van der Waals surface area (Å²) in [6, 6.07) is 6.75. The predicted molar refractivity (Wildman–Crippen MR) is 190 cm³/mol. The van der Waals surface area contributed by atoms with Crippen molar-refractivity contribution in [3.63, 3.8) is 0 Å². The molecule has 0 radical (unpaired) electrons. The van der Waals surface area contributed by atoms with Gasteiger partial charge in [-0.3, -0.25) is 14.4 Å². The predicted octanol–water partition coefficient (Wildman–Crippen LogP) is 6.99. The zero-order valence-corrected chi connectivity index (χ0v) is 31.0. The smallest absolute Gasteiger partial charge is 0.337 e. The van der Waals surface area contributed by atoms with E-state index in [1.54, 1.807) is 30.0 Å². The minimum absolute atomic E-state index is 0.0311. The molecule has 4 aliphatic heterocycles. The topological polar surface area (TPSA) is 76.5 Å². The lowest BCUT2D eigenvalue weighted by atomic mass is 9.80. The molecule has 1 saturated carbocycles. The van der Waals surface area contributed by atoms with Gasteiger partial charge in [0.1, 0.15) is 28.1 Å². The second-order valence-electron chi connectivity index (χ2n) is 14.9. The van der Waals surface area contributed by atoms with Crippen molar-refractivity contribution in [2.24, 2.45) is 10.9 Å². The van der Waals surface area contributed by atoms with E-state index in [4.69, 9.17) is 23.0 Å². The van der Waals surface area contributed by atoms with Crippen molar-refractivity contribution in [1.82, 2.24) is 19.6 Å². The molecule has 0 bridgehead atoms. The monoisotopic (exact) mass is 773 g/mol. The molecule has 280 valence electrons. The van der Waals surface area contributed by atoms with E-state index in [-0.39, 0.29) is 48.1 Å². The van der Waals surface area contributed by atoms with E-state index in [2.05, 4.69) is 5.92 Å². The lowest BCUT2D eigenvalue weighted by Crippen LogP contribution is -2.62. The lowest BCUT2D eigenvalue weighted by molar-refractivity contribution is -0.191. The summed E-state index contributed by atoms with van der Waals surface area (Å²) in [5.74, 6) is -1.79. The van der Waals surface area contributed by atoms with Gasteiger partial charge in [-0.25, -0.2) is 13.8 Å². The number of amides is 3. The number of hydrogen-bond acceptors (Lipinski definition) is 6. The van der Waals surface area contributed by atoms with Crippen molar-refractivity contribution >= 4 is 46.3 Å². The number of terminal acetylenes is 1. The Morgan fingerprint density at radius 1 is 1.06 bits per heavy atom. The molecule has 2 aromatic carbocycles. The first-order valence-corrected chi connectivity index (χ1v) is 18.6. The Morgan fingerprint density at radius 2 is 1.77 bits per heavy atom. The molecule has 0 N–H and O–H groups in total. The highest BCUT2D eigenvalue weighted by atomic mass is 35.5. The van der Waals surface area contributed by atoms with Crippen LogP contribution in [0.4, 0.5) is 22.0 Å². The highest BCUT2D eigenvalue weighted by molar-refractivity contribution is 8.18. The fourth-order valence-corrected chi connectivity index (χ4v) is 9.89. The molecule has 2 saturated heterocycles. The Balaban J connectivity index is 1.23. The van der Waals surface area contributed by atoms with Crippen LogP contribution in [0.15, 0.2) is 52.0 Å². The highest BCUT2D eigenvalue weighted by Crippen LogP contribution is 2.57. The van der Waals surface area contributed by atoms with Crippen LogP contribution in [0.1, 0.15) is 76.1 Å². The molecule has 3 amide bonds. The van der Waals surface area contributed by atoms with Crippen LogP contribution in [-0.2, 0) is 19.9 Å². The average Bonchev–Trinajstić information content (AvgIpc) is 3.44. The number of rotatable bonds is 5. The molecular formula is C38H37ClF5N5O3S. The lowest BCUT2D eigenvalue weighted by Gasteiger charge is -2.43. The SMILES string of the molecule is C#Cc1ccc(C2(C)N=C3SC(C(=O)N4C(C(=O)N5CCN(C(=O)C(F)(F)F)C6(CC6)C5)CC[C@H]4C)=C(C(C)C)N3C2c2ccc(Cl)c(F)c2)c(F)c1. The maximum Gasteiger partial charge on any atom is 0.471 e. The minimum atomic E-state index is -5.01. The van der Waals surface area contributed by atoms with Gasteiger partial charge in [0.25, 0.3) is 5.91 Å². The maximum atomic E-state index is 15.8. The Labute approximate surface area is 313 Å². The number of hydrogen-bond donors (Lipinski definition) is 0. The molecule has 2 aromatic rings. The van der Waals surface area contributed by atoms with Gasteiger partial charge in [0.15, 0.2) is 5.17 Å². The van der Waals surface area contributed by atoms with Crippen molar-refractivity contribution in [2.45, 2.75) is 88.8 Å². The van der Waals surface area contributed by atoms with Crippen molar-refractivity contribution < 1.29 is 36.3 Å². The first-order chi connectivity index (χ1) is 24.9. The van der Waals surface area contributed by atoms with Gasteiger partial charge in [-0.2, -0.15) is 13.2 Å². The number of carbonyl (C=O) groups excluding carboxylic acids is 3. The van der Waals surface area contributed by atoms with Gasteiger partial charge in [-0.05, 0) is 87.0 Å². The van der Waals surface area contributed by atoms with E-state index in [0.29, 0.717) is 52.6 Å². The number of nitrogens with zero attached hydrogens (tertiary/aromatic N) is 5. The Morgan fingerprint density at radius 3 is 2.38 bits per heavy atom. The van der Waals surface area contributed by atoms with Crippen LogP contribution in [-0.4, -0.2) is 85.9 Å².